The molecule has 0 aromatic heterocycles. The van der Waals surface area contributed by atoms with E-state index in [-0.39, 0.29) is 23.8 Å². The van der Waals surface area contributed by atoms with Gasteiger partial charge in [-0.2, -0.15) is 0 Å². The van der Waals surface area contributed by atoms with Crippen LogP contribution >= 0.6 is 0 Å². The van der Waals surface area contributed by atoms with Gasteiger partial charge in [-0.1, -0.05) is 82.7 Å². The molecule has 10 nitrogen and oxygen atoms in total. The molecular formula is C36H51N5O5. The fourth-order valence-corrected chi connectivity index (χ4v) is 7.65. The second kappa shape index (κ2) is 15.4. The van der Waals surface area contributed by atoms with Gasteiger partial charge in [-0.15, -0.1) is 0 Å². The van der Waals surface area contributed by atoms with Gasteiger partial charge in [0.15, 0.2) is 6.10 Å². The Morgan fingerprint density at radius 2 is 1.59 bits per heavy atom. The summed E-state index contributed by atoms with van der Waals surface area (Å²) in [6, 6.07) is 10.9. The maximum Gasteiger partial charge on any atom is 0.251 e. The number of likely N-dealkylation sites (tertiary alicyclic amines) is 2. The number of aliphatic hydroxyl groups excluding tert-OH is 1. The van der Waals surface area contributed by atoms with Crippen LogP contribution in [0.3, 0.4) is 0 Å². The first-order chi connectivity index (χ1) is 22.1. The van der Waals surface area contributed by atoms with Crippen LogP contribution < -0.4 is 16.4 Å². The lowest BCUT2D eigenvalue weighted by atomic mass is 9.84. The molecule has 1 saturated carbocycles. The molecule has 1 aliphatic carbocycles. The highest BCUT2D eigenvalue weighted by atomic mass is 16.3. The lowest BCUT2D eigenvalue weighted by molar-refractivity contribution is -0.141. The molecule has 46 heavy (non-hydrogen) atoms. The summed E-state index contributed by atoms with van der Waals surface area (Å²) in [6.45, 7) is 5.82. The maximum absolute atomic E-state index is 14.6. The van der Waals surface area contributed by atoms with Crippen LogP contribution in [0.5, 0.6) is 0 Å². The van der Waals surface area contributed by atoms with Crippen molar-refractivity contribution in [2.45, 2.75) is 108 Å². The number of nitrogens with one attached hydrogen (secondary N) is 2. The summed E-state index contributed by atoms with van der Waals surface area (Å²) in [5.74, 6) is -1.84. The zero-order valence-electron chi connectivity index (χ0n) is 27.3. The van der Waals surface area contributed by atoms with E-state index in [9.17, 15) is 24.3 Å². The van der Waals surface area contributed by atoms with Crippen LogP contribution in [0.15, 0.2) is 42.5 Å². The molecule has 250 valence electrons. The molecule has 10 heteroatoms. The largest absolute Gasteiger partial charge is 0.381 e. The van der Waals surface area contributed by atoms with Crippen LogP contribution in [0.4, 0.5) is 0 Å². The van der Waals surface area contributed by atoms with Gasteiger partial charge in [-0.25, -0.2) is 0 Å². The molecule has 2 aromatic carbocycles. The fraction of sp³-hybridized carbons (Fsp3) is 0.611. The highest BCUT2D eigenvalue weighted by Gasteiger charge is 2.45. The number of carbonyl (C=O) groups excluding carboxylic acids is 4. The van der Waals surface area contributed by atoms with E-state index >= 15 is 0 Å². The number of rotatable bonds is 11. The van der Waals surface area contributed by atoms with Crippen LogP contribution in [0.25, 0.3) is 10.8 Å². The van der Waals surface area contributed by atoms with E-state index in [4.69, 9.17) is 5.73 Å². The average molecular weight is 634 g/mol. The second-order valence-electron chi connectivity index (χ2n) is 13.9. The minimum atomic E-state index is -1.55. The monoisotopic (exact) mass is 633 g/mol. The quantitative estimate of drug-likeness (QED) is 0.299. The fourth-order valence-electron chi connectivity index (χ4n) is 7.65. The number of primary amides is 1. The van der Waals surface area contributed by atoms with Crippen LogP contribution in [0.2, 0.25) is 0 Å². The molecule has 4 amide bonds. The standard InChI is InChI=1S/C36H51N5O5/c1-23(2)31(32(42)33(37)43)39-35(45)30-21-28(40-17-9-4-10-18-40)22-41(30)36(46)29(19-24-11-5-3-6-12-24)38-34(44)27-16-15-25-13-7-8-14-26(25)20-27/h7-8,13-16,20,23-24,28-32,42H,3-6,9-12,17-19,21-22H2,1-2H3,(H2,37,43)(H,38,44)(H,39,45)/t28-,29?,30+,31?,32?/m1/s1. The highest BCUT2D eigenvalue weighted by molar-refractivity contribution is 6.01. The van der Waals surface area contributed by atoms with Gasteiger partial charge < -0.3 is 26.4 Å². The van der Waals surface area contributed by atoms with Crippen molar-refractivity contribution in [3.8, 4) is 0 Å². The molecule has 2 saturated heterocycles. The summed E-state index contributed by atoms with van der Waals surface area (Å²) < 4.78 is 0. The van der Waals surface area contributed by atoms with Crippen molar-refractivity contribution in [1.82, 2.24) is 20.4 Å². The molecule has 5 rings (SSSR count). The molecule has 5 N–H and O–H groups in total. The van der Waals surface area contributed by atoms with Crippen molar-refractivity contribution in [2.24, 2.45) is 17.6 Å². The Morgan fingerprint density at radius 3 is 2.26 bits per heavy atom. The van der Waals surface area contributed by atoms with E-state index < -0.39 is 36.0 Å². The molecule has 3 unspecified atom stereocenters. The number of nitrogens with two attached hydrogens (primary N) is 1. The molecule has 2 aromatic rings. The summed E-state index contributed by atoms with van der Waals surface area (Å²) in [6.07, 6.45) is 8.15. The summed E-state index contributed by atoms with van der Waals surface area (Å²) >= 11 is 0. The molecule has 3 aliphatic rings. The Balaban J connectivity index is 1.41. The first kappa shape index (κ1) is 33.9. The topological polar surface area (TPSA) is 145 Å². The predicted octanol–water partition coefficient (Wildman–Crippen LogP) is 3.35. The average Bonchev–Trinajstić information content (AvgIpc) is 3.52. The Hall–Kier alpha value is -3.50. The van der Waals surface area contributed by atoms with Gasteiger partial charge in [0.25, 0.3) is 5.91 Å². The lowest BCUT2D eigenvalue weighted by Gasteiger charge is -2.33. The number of nitrogens with zero attached hydrogens (tertiary/aromatic N) is 2. The molecule has 2 aliphatic heterocycles. The Labute approximate surface area is 272 Å². The molecule has 5 atom stereocenters. The summed E-state index contributed by atoms with van der Waals surface area (Å²) in [4.78, 5) is 58.1. The van der Waals surface area contributed by atoms with E-state index in [1.807, 2.05) is 36.4 Å². The number of fused-ring (bicyclic) bond motifs is 1. The van der Waals surface area contributed by atoms with Crippen molar-refractivity contribution in [3.63, 3.8) is 0 Å². The number of amides is 4. The van der Waals surface area contributed by atoms with Gasteiger partial charge >= 0.3 is 0 Å². The van der Waals surface area contributed by atoms with Crippen molar-refractivity contribution in [2.75, 3.05) is 19.6 Å². The minimum Gasteiger partial charge on any atom is -0.381 e. The van der Waals surface area contributed by atoms with E-state index in [1.54, 1.807) is 24.8 Å². The highest BCUT2D eigenvalue weighted by Crippen LogP contribution is 2.31. The van der Waals surface area contributed by atoms with Crippen molar-refractivity contribution < 1.29 is 24.3 Å². The van der Waals surface area contributed by atoms with Gasteiger partial charge in [-0.3, -0.25) is 24.1 Å². The Morgan fingerprint density at radius 1 is 0.913 bits per heavy atom. The molecule has 0 spiro atoms. The van der Waals surface area contributed by atoms with E-state index in [0.717, 1.165) is 62.4 Å². The van der Waals surface area contributed by atoms with E-state index in [1.165, 1.54) is 12.8 Å². The van der Waals surface area contributed by atoms with Gasteiger partial charge in [0, 0.05) is 18.2 Å². The Kier molecular flexibility index (Phi) is 11.3. The van der Waals surface area contributed by atoms with Gasteiger partial charge in [0.2, 0.25) is 17.7 Å². The molecule has 3 fully saturated rings. The first-order valence-electron chi connectivity index (χ1n) is 17.2. The molecular weight excluding hydrogens is 582 g/mol. The van der Waals surface area contributed by atoms with Crippen molar-refractivity contribution in [1.29, 1.82) is 0 Å². The van der Waals surface area contributed by atoms with E-state index in [0.29, 0.717) is 30.9 Å². The van der Waals surface area contributed by atoms with Gasteiger partial charge in [0.05, 0.1) is 6.04 Å². The van der Waals surface area contributed by atoms with Crippen molar-refractivity contribution >= 4 is 34.4 Å². The van der Waals surface area contributed by atoms with Crippen LogP contribution in [-0.2, 0) is 14.4 Å². The smallest absolute Gasteiger partial charge is 0.251 e. The number of piperidine rings is 1. The van der Waals surface area contributed by atoms with Crippen molar-refractivity contribution in [3.05, 3.63) is 48.0 Å². The second-order valence-corrected chi connectivity index (χ2v) is 13.9. The summed E-state index contributed by atoms with van der Waals surface area (Å²) in [7, 11) is 0. The third-order valence-electron chi connectivity index (χ3n) is 10.3. The number of hydrogen-bond acceptors (Lipinski definition) is 6. The number of benzene rings is 2. The zero-order chi connectivity index (χ0) is 32.8. The first-order valence-corrected chi connectivity index (χ1v) is 17.2. The summed E-state index contributed by atoms with van der Waals surface area (Å²) in [5.41, 5.74) is 5.89. The minimum absolute atomic E-state index is 0.00471. The molecule has 2 heterocycles. The van der Waals surface area contributed by atoms with Crippen LogP contribution in [0, 0.1) is 11.8 Å². The Bertz CT molecular complexity index is 1390. The maximum atomic E-state index is 14.6. The molecule has 0 radical (unpaired) electrons. The van der Waals surface area contributed by atoms with Gasteiger partial charge in [0.1, 0.15) is 12.1 Å². The number of aliphatic hydroxyl groups is 1. The van der Waals surface area contributed by atoms with E-state index in [2.05, 4.69) is 15.5 Å². The third kappa shape index (κ3) is 8.07. The normalized spacial score (nSPS) is 23.2. The number of carbonyl (C=O) groups is 4. The SMILES string of the molecule is CC(C)C(NC(=O)[C@@H]1C[C@@H](N2CCCCC2)CN1C(=O)C(CC1CCCCC1)NC(=O)c1ccc2ccccc2c1)C(O)C(N)=O. The third-order valence-corrected chi connectivity index (χ3v) is 10.3. The predicted molar refractivity (Wildman–Crippen MR) is 178 cm³/mol. The number of hydrogen-bond donors (Lipinski definition) is 4. The zero-order valence-corrected chi connectivity index (χ0v) is 27.3. The van der Waals surface area contributed by atoms with Gasteiger partial charge in [-0.05, 0) is 73.5 Å². The van der Waals surface area contributed by atoms with Crippen LogP contribution in [0.1, 0.15) is 88.4 Å². The summed E-state index contributed by atoms with van der Waals surface area (Å²) in [5, 5.41) is 18.4. The van der Waals surface area contributed by atoms with Crippen LogP contribution in [-0.4, -0.2) is 88.4 Å². The lowest BCUT2D eigenvalue weighted by Crippen LogP contribution is -2.58. The molecule has 0 bridgehead atoms.